The van der Waals surface area contributed by atoms with E-state index in [9.17, 15) is 0 Å². The van der Waals surface area contributed by atoms with Crippen molar-refractivity contribution in [2.24, 2.45) is 5.73 Å². The van der Waals surface area contributed by atoms with Crippen molar-refractivity contribution in [3.63, 3.8) is 0 Å². The molecule has 0 bridgehead atoms. The summed E-state index contributed by atoms with van der Waals surface area (Å²) in [5, 5.41) is 1.02. The van der Waals surface area contributed by atoms with Crippen LogP contribution < -0.4 is 5.73 Å². The van der Waals surface area contributed by atoms with E-state index in [1.807, 2.05) is 19.1 Å². The van der Waals surface area contributed by atoms with Crippen molar-refractivity contribution in [2.75, 3.05) is 0 Å². The van der Waals surface area contributed by atoms with Crippen molar-refractivity contribution in [1.82, 2.24) is 9.97 Å². The molecular formula is C13H13Cl2N3. The van der Waals surface area contributed by atoms with Crippen molar-refractivity contribution in [1.29, 1.82) is 0 Å². The summed E-state index contributed by atoms with van der Waals surface area (Å²) in [7, 11) is 0. The number of nitrogens with zero attached hydrogens (tertiary/aromatic N) is 2. The van der Waals surface area contributed by atoms with Gasteiger partial charge in [-0.05, 0) is 31.2 Å². The number of nitrogens with two attached hydrogens (primary N) is 1. The van der Waals surface area contributed by atoms with E-state index in [1.54, 1.807) is 18.3 Å². The van der Waals surface area contributed by atoms with E-state index < -0.39 is 0 Å². The molecule has 0 amide bonds. The third-order valence-corrected chi connectivity index (χ3v) is 3.16. The maximum absolute atomic E-state index is 5.98. The Morgan fingerprint density at radius 2 is 2.00 bits per heavy atom. The maximum atomic E-state index is 5.98. The SMILES string of the molecule is CC(N)Cc1ccnc(-c2ccc(Cl)c(Cl)c2)n1. The van der Waals surface area contributed by atoms with Crippen LogP contribution in [-0.4, -0.2) is 16.0 Å². The number of aromatic nitrogens is 2. The molecule has 1 aromatic carbocycles. The van der Waals surface area contributed by atoms with Gasteiger partial charge in [0.2, 0.25) is 0 Å². The quantitative estimate of drug-likeness (QED) is 0.939. The maximum Gasteiger partial charge on any atom is 0.159 e. The zero-order valence-electron chi connectivity index (χ0n) is 9.90. The van der Waals surface area contributed by atoms with Gasteiger partial charge in [-0.15, -0.1) is 0 Å². The monoisotopic (exact) mass is 281 g/mol. The Morgan fingerprint density at radius 1 is 1.22 bits per heavy atom. The largest absolute Gasteiger partial charge is 0.328 e. The molecule has 0 radical (unpaired) electrons. The fourth-order valence-electron chi connectivity index (χ4n) is 1.61. The minimum Gasteiger partial charge on any atom is -0.328 e. The average molecular weight is 282 g/mol. The molecule has 5 heteroatoms. The molecule has 2 aromatic rings. The second kappa shape index (κ2) is 5.65. The normalized spacial score (nSPS) is 12.4. The van der Waals surface area contributed by atoms with E-state index in [0.29, 0.717) is 15.9 Å². The Morgan fingerprint density at radius 3 is 2.67 bits per heavy atom. The van der Waals surface area contributed by atoms with Gasteiger partial charge < -0.3 is 5.73 Å². The lowest BCUT2D eigenvalue weighted by atomic mass is 10.1. The Bertz CT molecular complexity index is 556. The van der Waals surface area contributed by atoms with Crippen LogP contribution in [0.4, 0.5) is 0 Å². The van der Waals surface area contributed by atoms with Gasteiger partial charge in [-0.1, -0.05) is 23.2 Å². The van der Waals surface area contributed by atoms with Crippen molar-refractivity contribution < 1.29 is 0 Å². The molecular weight excluding hydrogens is 269 g/mol. The van der Waals surface area contributed by atoms with Crippen LogP contribution in [0.25, 0.3) is 11.4 Å². The number of hydrogen-bond donors (Lipinski definition) is 1. The number of rotatable bonds is 3. The van der Waals surface area contributed by atoms with E-state index in [0.717, 1.165) is 17.7 Å². The minimum atomic E-state index is 0.0709. The topological polar surface area (TPSA) is 51.8 Å². The summed E-state index contributed by atoms with van der Waals surface area (Å²) < 4.78 is 0. The molecule has 1 atom stereocenters. The van der Waals surface area contributed by atoms with Crippen LogP contribution >= 0.6 is 23.2 Å². The highest BCUT2D eigenvalue weighted by molar-refractivity contribution is 6.42. The zero-order chi connectivity index (χ0) is 13.1. The Labute approximate surface area is 116 Å². The molecule has 18 heavy (non-hydrogen) atoms. The predicted molar refractivity (Wildman–Crippen MR) is 74.8 cm³/mol. The molecule has 0 aliphatic heterocycles. The Balaban J connectivity index is 2.35. The predicted octanol–water partition coefficient (Wildman–Crippen LogP) is 3.34. The van der Waals surface area contributed by atoms with Crippen molar-refractivity contribution in [3.8, 4) is 11.4 Å². The van der Waals surface area contributed by atoms with Gasteiger partial charge in [0.1, 0.15) is 0 Å². The summed E-state index contributed by atoms with van der Waals surface area (Å²) in [4.78, 5) is 8.70. The summed E-state index contributed by atoms with van der Waals surface area (Å²) >= 11 is 11.9. The van der Waals surface area contributed by atoms with E-state index in [4.69, 9.17) is 28.9 Å². The number of halogens is 2. The van der Waals surface area contributed by atoms with Gasteiger partial charge in [-0.3, -0.25) is 0 Å². The molecule has 0 fully saturated rings. The highest BCUT2D eigenvalue weighted by Crippen LogP contribution is 2.26. The second-order valence-electron chi connectivity index (χ2n) is 4.18. The first-order valence-corrected chi connectivity index (χ1v) is 6.35. The van der Waals surface area contributed by atoms with Crippen molar-refractivity contribution in [2.45, 2.75) is 19.4 Å². The highest BCUT2D eigenvalue weighted by atomic mass is 35.5. The van der Waals surface area contributed by atoms with Crippen molar-refractivity contribution >= 4 is 23.2 Å². The van der Waals surface area contributed by atoms with Crippen LogP contribution in [0.3, 0.4) is 0 Å². The average Bonchev–Trinajstić information content (AvgIpc) is 2.32. The molecule has 2 rings (SSSR count). The third kappa shape index (κ3) is 3.19. The highest BCUT2D eigenvalue weighted by Gasteiger charge is 2.06. The van der Waals surface area contributed by atoms with Crippen molar-refractivity contribution in [3.05, 3.63) is 46.2 Å². The van der Waals surface area contributed by atoms with Crippen LogP contribution in [0.2, 0.25) is 10.0 Å². The summed E-state index contributed by atoms with van der Waals surface area (Å²) in [6.07, 6.45) is 2.44. The Kier molecular flexibility index (Phi) is 4.17. The van der Waals surface area contributed by atoms with E-state index in [2.05, 4.69) is 9.97 Å². The molecule has 0 aliphatic carbocycles. The molecule has 1 unspecified atom stereocenters. The minimum absolute atomic E-state index is 0.0709. The summed E-state index contributed by atoms with van der Waals surface area (Å²) in [5.41, 5.74) is 7.52. The first-order valence-electron chi connectivity index (χ1n) is 5.59. The first-order chi connectivity index (χ1) is 8.56. The summed E-state index contributed by atoms with van der Waals surface area (Å²) in [6, 6.07) is 7.28. The first kappa shape index (κ1) is 13.3. The molecule has 0 saturated heterocycles. The van der Waals surface area contributed by atoms with Crippen LogP contribution in [0.5, 0.6) is 0 Å². The second-order valence-corrected chi connectivity index (χ2v) is 5.00. The van der Waals surface area contributed by atoms with Gasteiger partial charge in [-0.2, -0.15) is 0 Å². The molecule has 1 heterocycles. The Hall–Kier alpha value is -1.16. The lowest BCUT2D eigenvalue weighted by Crippen LogP contribution is -2.18. The van der Waals surface area contributed by atoms with Gasteiger partial charge in [-0.25, -0.2) is 9.97 Å². The van der Waals surface area contributed by atoms with Gasteiger partial charge in [0, 0.05) is 29.9 Å². The van der Waals surface area contributed by atoms with Crippen LogP contribution in [0, 0.1) is 0 Å². The third-order valence-electron chi connectivity index (χ3n) is 2.42. The van der Waals surface area contributed by atoms with Crippen LogP contribution in [-0.2, 0) is 6.42 Å². The smallest absolute Gasteiger partial charge is 0.159 e. The zero-order valence-corrected chi connectivity index (χ0v) is 11.4. The summed E-state index contributed by atoms with van der Waals surface area (Å²) in [5.74, 6) is 0.631. The van der Waals surface area contributed by atoms with Gasteiger partial charge in [0.15, 0.2) is 5.82 Å². The van der Waals surface area contributed by atoms with Crippen LogP contribution in [0.15, 0.2) is 30.5 Å². The molecule has 2 N–H and O–H groups in total. The lowest BCUT2D eigenvalue weighted by Gasteiger charge is -2.06. The number of hydrogen-bond acceptors (Lipinski definition) is 3. The molecule has 0 saturated carbocycles. The van der Waals surface area contributed by atoms with Gasteiger partial charge in [0.05, 0.1) is 10.0 Å². The van der Waals surface area contributed by atoms with E-state index in [-0.39, 0.29) is 6.04 Å². The standard InChI is InChI=1S/C13H13Cl2N3/c1-8(16)6-10-4-5-17-13(18-10)9-2-3-11(14)12(15)7-9/h2-5,7-8H,6,16H2,1H3. The molecule has 3 nitrogen and oxygen atoms in total. The van der Waals surface area contributed by atoms with Gasteiger partial charge in [0.25, 0.3) is 0 Å². The fourth-order valence-corrected chi connectivity index (χ4v) is 1.91. The molecule has 1 aromatic heterocycles. The van der Waals surface area contributed by atoms with E-state index in [1.165, 1.54) is 0 Å². The van der Waals surface area contributed by atoms with E-state index >= 15 is 0 Å². The molecule has 0 spiro atoms. The lowest BCUT2D eigenvalue weighted by molar-refractivity contribution is 0.720. The molecule has 94 valence electrons. The van der Waals surface area contributed by atoms with Gasteiger partial charge >= 0.3 is 0 Å². The van der Waals surface area contributed by atoms with Crippen LogP contribution in [0.1, 0.15) is 12.6 Å². The fraction of sp³-hybridized carbons (Fsp3) is 0.231. The summed E-state index contributed by atoms with van der Waals surface area (Å²) in [6.45, 7) is 1.95. The number of benzene rings is 1. The molecule has 0 aliphatic rings.